The van der Waals surface area contributed by atoms with Crippen LogP contribution in [0.3, 0.4) is 0 Å². The number of aromatic nitrogens is 1. The first-order valence-corrected chi connectivity index (χ1v) is 12.1. The van der Waals surface area contributed by atoms with Crippen LogP contribution < -0.4 is 16.0 Å². The molecule has 0 spiro atoms. The second-order valence-electron chi connectivity index (χ2n) is 8.51. The van der Waals surface area contributed by atoms with Gasteiger partial charge >= 0.3 is 0 Å². The van der Waals surface area contributed by atoms with Crippen LogP contribution in [-0.2, 0) is 16.1 Å². The number of hydrogen-bond donors (Lipinski definition) is 3. The van der Waals surface area contributed by atoms with Gasteiger partial charge in [-0.25, -0.2) is 4.39 Å². The van der Waals surface area contributed by atoms with Crippen molar-refractivity contribution in [2.75, 3.05) is 13.1 Å². The predicted molar refractivity (Wildman–Crippen MR) is 125 cm³/mol. The van der Waals surface area contributed by atoms with E-state index in [4.69, 9.17) is 0 Å². The van der Waals surface area contributed by atoms with E-state index in [1.807, 2.05) is 23.6 Å². The van der Waals surface area contributed by atoms with Gasteiger partial charge in [0.25, 0.3) is 0 Å². The van der Waals surface area contributed by atoms with Gasteiger partial charge < -0.3 is 10.6 Å². The van der Waals surface area contributed by atoms with Crippen LogP contribution in [0.4, 0.5) is 4.39 Å². The maximum atomic E-state index is 14.4. The molecule has 2 fully saturated rings. The number of likely N-dealkylation sites (tertiary alicyclic amines) is 1. The predicted octanol–water partition coefficient (Wildman–Crippen LogP) is 2.08. The summed E-state index contributed by atoms with van der Waals surface area (Å²) in [5.74, 6) is -0.357. The zero-order valence-corrected chi connectivity index (χ0v) is 18.9. The fourth-order valence-electron chi connectivity index (χ4n) is 4.65. The van der Waals surface area contributed by atoms with Gasteiger partial charge in [0.2, 0.25) is 11.8 Å². The number of carbonyl (C=O) groups is 2. The van der Waals surface area contributed by atoms with E-state index in [1.165, 1.54) is 17.8 Å². The summed E-state index contributed by atoms with van der Waals surface area (Å²) < 4.78 is 14.4. The van der Waals surface area contributed by atoms with E-state index in [-0.39, 0.29) is 41.1 Å². The zero-order valence-electron chi connectivity index (χ0n) is 18.0. The summed E-state index contributed by atoms with van der Waals surface area (Å²) in [6.45, 7) is 1.79. The summed E-state index contributed by atoms with van der Waals surface area (Å²) in [5.41, 5.74) is 2.17. The fraction of sp³-hybridized carbons (Fsp3) is 0.375. The number of carbonyl (C=O) groups excluding carboxylic acids is 2. The topological polar surface area (TPSA) is 86.4 Å². The number of thioether (sulfide) groups is 1. The molecule has 2 amide bonds. The lowest BCUT2D eigenvalue weighted by molar-refractivity contribution is -0.129. The van der Waals surface area contributed by atoms with Crippen molar-refractivity contribution in [1.29, 1.82) is 0 Å². The minimum atomic E-state index is -0.342. The van der Waals surface area contributed by atoms with Gasteiger partial charge in [0.15, 0.2) is 0 Å². The monoisotopic (exact) mass is 467 g/mol. The molecule has 7 nitrogen and oxygen atoms in total. The summed E-state index contributed by atoms with van der Waals surface area (Å²) in [5, 5.41) is 11.1. The Morgan fingerprint density at radius 1 is 1.18 bits per heavy atom. The number of halogens is 1. The molecule has 5 rings (SSSR count). The lowest BCUT2D eigenvalue weighted by atomic mass is 9.94. The molecule has 33 heavy (non-hydrogen) atoms. The maximum Gasteiger partial charge on any atom is 0.237 e. The summed E-state index contributed by atoms with van der Waals surface area (Å²) in [4.78, 5) is 31.8. The number of fused-ring (bicyclic) bond motifs is 1. The van der Waals surface area contributed by atoms with Crippen molar-refractivity contribution in [3.8, 4) is 0 Å². The van der Waals surface area contributed by atoms with E-state index in [2.05, 4.69) is 25.8 Å². The molecule has 1 aromatic carbocycles. The molecule has 0 saturated carbocycles. The van der Waals surface area contributed by atoms with Gasteiger partial charge in [0.1, 0.15) is 17.4 Å². The second-order valence-corrected chi connectivity index (χ2v) is 9.53. The van der Waals surface area contributed by atoms with Gasteiger partial charge in [-0.15, -0.1) is 11.8 Å². The Morgan fingerprint density at radius 3 is 2.73 bits per heavy atom. The molecule has 3 N–H and O–H groups in total. The highest BCUT2D eigenvalue weighted by molar-refractivity contribution is 8.04. The quantitative estimate of drug-likeness (QED) is 0.624. The number of piperidine rings is 1. The molecule has 3 aliphatic rings. The van der Waals surface area contributed by atoms with Gasteiger partial charge in [-0.1, -0.05) is 24.3 Å². The van der Waals surface area contributed by atoms with Crippen molar-refractivity contribution in [2.45, 2.75) is 37.0 Å². The van der Waals surface area contributed by atoms with Gasteiger partial charge in [-0.05, 0) is 42.0 Å². The highest BCUT2D eigenvalue weighted by atomic mass is 32.2. The van der Waals surface area contributed by atoms with E-state index >= 15 is 0 Å². The molecule has 9 heteroatoms. The Morgan fingerprint density at radius 2 is 1.97 bits per heavy atom. The number of rotatable bonds is 5. The average Bonchev–Trinajstić information content (AvgIpc) is 3.28. The normalized spacial score (nSPS) is 25.8. The van der Waals surface area contributed by atoms with Crippen LogP contribution in [0, 0.1) is 11.7 Å². The number of benzene rings is 1. The second kappa shape index (κ2) is 9.62. The number of hydrogen-bond acceptors (Lipinski definition) is 6. The third-order valence-electron chi connectivity index (χ3n) is 6.47. The van der Waals surface area contributed by atoms with E-state index in [1.54, 1.807) is 24.4 Å². The smallest absolute Gasteiger partial charge is 0.237 e. The van der Waals surface area contributed by atoms with Crippen LogP contribution in [0.25, 0.3) is 5.57 Å². The summed E-state index contributed by atoms with van der Waals surface area (Å²) >= 11 is 1.42. The molecule has 3 unspecified atom stereocenters. The van der Waals surface area contributed by atoms with Crippen LogP contribution in [0.15, 0.2) is 54.1 Å². The highest BCUT2D eigenvalue weighted by Crippen LogP contribution is 2.39. The minimum absolute atomic E-state index is 0.0398. The van der Waals surface area contributed by atoms with Crippen LogP contribution in [-0.4, -0.2) is 52.4 Å². The molecule has 0 bridgehead atoms. The molecule has 1 aromatic heterocycles. The first kappa shape index (κ1) is 22.1. The number of amides is 2. The third kappa shape index (κ3) is 4.66. The molecule has 172 valence electrons. The van der Waals surface area contributed by atoms with Crippen molar-refractivity contribution in [3.63, 3.8) is 0 Å². The molecular formula is C24H26FN5O2S. The first-order chi connectivity index (χ1) is 16.1. The standard InChI is InChI=1S/C24H26FN5O2S/c25-19-7-2-1-6-17(19)18-14-33-21-20(18)28-24(29-23(21)32)30-11-8-15(9-12-30)22(31)27-13-16-5-3-4-10-26-16/h1-7,10,14-15,20-21,24,28H,8-9,11-13H2,(H,27,31)(H,29,32). The van der Waals surface area contributed by atoms with Gasteiger partial charge in [-0.3, -0.25) is 24.8 Å². The van der Waals surface area contributed by atoms with Crippen LogP contribution >= 0.6 is 11.8 Å². The SMILES string of the molecule is O=C(NCc1ccccn1)C1CCN(C2NC(=O)C3SC=C(c4ccccc4F)C3N2)CC1. The lowest BCUT2D eigenvalue weighted by Gasteiger charge is -2.43. The summed E-state index contributed by atoms with van der Waals surface area (Å²) in [7, 11) is 0. The van der Waals surface area contributed by atoms with Crippen molar-refractivity contribution in [1.82, 2.24) is 25.8 Å². The van der Waals surface area contributed by atoms with Crippen LogP contribution in [0.2, 0.25) is 0 Å². The van der Waals surface area contributed by atoms with Gasteiger partial charge in [0, 0.05) is 30.8 Å². The zero-order chi connectivity index (χ0) is 22.8. The number of nitrogens with zero attached hydrogens (tertiary/aromatic N) is 2. The molecule has 3 aliphatic heterocycles. The molecular weight excluding hydrogens is 441 g/mol. The molecule has 2 saturated heterocycles. The maximum absolute atomic E-state index is 14.4. The molecule has 0 aliphatic carbocycles. The van der Waals surface area contributed by atoms with Crippen LogP contribution in [0.5, 0.6) is 0 Å². The average molecular weight is 468 g/mol. The summed E-state index contributed by atoms with van der Waals surface area (Å²) in [6.07, 6.45) is 2.79. The Kier molecular flexibility index (Phi) is 6.43. The Hall–Kier alpha value is -2.75. The first-order valence-electron chi connectivity index (χ1n) is 11.2. The fourth-order valence-corrected chi connectivity index (χ4v) is 5.79. The number of nitrogens with one attached hydrogen (secondary N) is 3. The van der Waals surface area contributed by atoms with Gasteiger partial charge in [0.05, 0.1) is 18.3 Å². The van der Waals surface area contributed by atoms with Crippen molar-refractivity contribution in [2.24, 2.45) is 5.92 Å². The Bertz CT molecular complexity index is 1060. The molecule has 3 atom stereocenters. The Labute approximate surface area is 196 Å². The molecule has 0 radical (unpaired) electrons. The van der Waals surface area contributed by atoms with E-state index < -0.39 is 0 Å². The van der Waals surface area contributed by atoms with Crippen molar-refractivity contribution in [3.05, 3.63) is 71.1 Å². The van der Waals surface area contributed by atoms with E-state index in [0.717, 1.165) is 11.3 Å². The van der Waals surface area contributed by atoms with E-state index in [9.17, 15) is 14.0 Å². The molecule has 4 heterocycles. The van der Waals surface area contributed by atoms with Crippen LogP contribution in [0.1, 0.15) is 24.1 Å². The number of pyridine rings is 1. The Balaban J connectivity index is 1.18. The van der Waals surface area contributed by atoms with Crippen molar-refractivity contribution < 1.29 is 14.0 Å². The van der Waals surface area contributed by atoms with Crippen molar-refractivity contribution >= 4 is 29.1 Å². The largest absolute Gasteiger partial charge is 0.350 e. The van der Waals surface area contributed by atoms with Gasteiger partial charge in [-0.2, -0.15) is 0 Å². The molecule has 2 aromatic rings. The highest BCUT2D eigenvalue weighted by Gasteiger charge is 2.44. The third-order valence-corrected chi connectivity index (χ3v) is 7.64. The lowest BCUT2D eigenvalue weighted by Crippen LogP contribution is -2.68. The van der Waals surface area contributed by atoms with E-state index in [0.29, 0.717) is 38.0 Å². The summed E-state index contributed by atoms with van der Waals surface area (Å²) in [6, 6.07) is 12.0. The minimum Gasteiger partial charge on any atom is -0.350 e.